The Morgan fingerprint density at radius 1 is 1.53 bits per heavy atom. The Morgan fingerprint density at radius 2 is 2.33 bits per heavy atom. The standard InChI is InChI=1S/C8H4Br2N4S/c9-7-6(15-8(10)13-7)3-14-2-5(1-11)12-4-14/h2,4H,3H2. The zero-order valence-electron chi connectivity index (χ0n) is 7.31. The van der Waals surface area contributed by atoms with Gasteiger partial charge in [0, 0.05) is 6.20 Å². The van der Waals surface area contributed by atoms with E-state index in [2.05, 4.69) is 41.8 Å². The summed E-state index contributed by atoms with van der Waals surface area (Å²) >= 11 is 8.24. The van der Waals surface area contributed by atoms with Crippen LogP contribution >= 0.6 is 43.2 Å². The molecular formula is C8H4Br2N4S. The average molecular weight is 348 g/mol. The Balaban J connectivity index is 2.22. The van der Waals surface area contributed by atoms with Gasteiger partial charge in [0.05, 0.1) is 17.7 Å². The number of nitriles is 1. The molecule has 2 rings (SSSR count). The van der Waals surface area contributed by atoms with Crippen molar-refractivity contribution in [2.75, 3.05) is 0 Å². The predicted octanol–water partition coefficient (Wildman–Crippen LogP) is 2.78. The summed E-state index contributed by atoms with van der Waals surface area (Å²) in [6.07, 6.45) is 3.35. The van der Waals surface area contributed by atoms with Crippen molar-refractivity contribution >= 4 is 43.2 Å². The van der Waals surface area contributed by atoms with Gasteiger partial charge in [0.15, 0.2) is 9.61 Å². The summed E-state index contributed by atoms with van der Waals surface area (Å²) in [5.74, 6) is 0. The molecule has 0 N–H and O–H groups in total. The Kier molecular flexibility index (Phi) is 3.19. The highest BCUT2D eigenvalue weighted by molar-refractivity contribution is 9.11. The van der Waals surface area contributed by atoms with E-state index in [4.69, 9.17) is 5.26 Å². The Labute approximate surface area is 107 Å². The van der Waals surface area contributed by atoms with Crippen LogP contribution in [-0.4, -0.2) is 14.5 Å². The first-order valence-electron chi connectivity index (χ1n) is 3.91. The van der Waals surface area contributed by atoms with E-state index in [1.54, 1.807) is 23.9 Å². The summed E-state index contributed by atoms with van der Waals surface area (Å²) in [5, 5.41) is 8.62. The highest BCUT2D eigenvalue weighted by Gasteiger charge is 2.08. The molecule has 2 heterocycles. The maximum absolute atomic E-state index is 8.62. The first-order chi connectivity index (χ1) is 7.19. The molecule has 0 saturated carbocycles. The van der Waals surface area contributed by atoms with E-state index in [0.29, 0.717) is 12.2 Å². The highest BCUT2D eigenvalue weighted by Crippen LogP contribution is 2.27. The molecule has 76 valence electrons. The lowest BCUT2D eigenvalue weighted by Crippen LogP contribution is -1.94. The van der Waals surface area contributed by atoms with Gasteiger partial charge in [-0.05, 0) is 31.9 Å². The number of hydrogen-bond donors (Lipinski definition) is 0. The van der Waals surface area contributed by atoms with Gasteiger partial charge in [0.25, 0.3) is 0 Å². The number of imidazole rings is 1. The Morgan fingerprint density at radius 3 is 2.87 bits per heavy atom. The molecule has 0 aliphatic rings. The molecule has 0 amide bonds. The van der Waals surface area contributed by atoms with Gasteiger partial charge >= 0.3 is 0 Å². The van der Waals surface area contributed by atoms with Crippen molar-refractivity contribution < 1.29 is 0 Å². The fourth-order valence-corrected chi connectivity index (χ4v) is 3.42. The molecule has 4 nitrogen and oxygen atoms in total. The third-order valence-electron chi connectivity index (χ3n) is 1.70. The summed E-state index contributed by atoms with van der Waals surface area (Å²) in [7, 11) is 0. The lowest BCUT2D eigenvalue weighted by Gasteiger charge is -1.97. The molecule has 0 aliphatic heterocycles. The van der Waals surface area contributed by atoms with Crippen molar-refractivity contribution in [3.63, 3.8) is 0 Å². The van der Waals surface area contributed by atoms with Gasteiger partial charge in [-0.3, -0.25) is 0 Å². The molecular weight excluding hydrogens is 344 g/mol. The van der Waals surface area contributed by atoms with Crippen molar-refractivity contribution in [2.45, 2.75) is 6.54 Å². The highest BCUT2D eigenvalue weighted by atomic mass is 79.9. The molecule has 2 aromatic rings. The van der Waals surface area contributed by atoms with E-state index in [1.165, 1.54) is 0 Å². The molecule has 0 spiro atoms. The smallest absolute Gasteiger partial charge is 0.160 e. The minimum Gasteiger partial charge on any atom is -0.331 e. The molecule has 7 heteroatoms. The summed E-state index contributed by atoms with van der Waals surface area (Å²) in [6, 6.07) is 1.99. The summed E-state index contributed by atoms with van der Waals surface area (Å²) in [4.78, 5) is 9.20. The second kappa shape index (κ2) is 4.43. The number of halogens is 2. The maximum atomic E-state index is 8.62. The molecule has 0 saturated heterocycles. The van der Waals surface area contributed by atoms with Crippen LogP contribution in [0.5, 0.6) is 0 Å². The minimum atomic E-state index is 0.426. The number of thiazole rings is 1. The van der Waals surface area contributed by atoms with Gasteiger partial charge in [0.1, 0.15) is 10.7 Å². The van der Waals surface area contributed by atoms with Crippen LogP contribution in [0.2, 0.25) is 0 Å². The van der Waals surface area contributed by atoms with Gasteiger partial charge in [-0.2, -0.15) is 5.26 Å². The largest absolute Gasteiger partial charge is 0.331 e. The van der Waals surface area contributed by atoms with Crippen LogP contribution in [0.15, 0.2) is 21.0 Å². The first kappa shape index (κ1) is 10.8. The quantitative estimate of drug-likeness (QED) is 0.839. The van der Waals surface area contributed by atoms with Gasteiger partial charge < -0.3 is 4.57 Å². The van der Waals surface area contributed by atoms with Gasteiger partial charge in [-0.25, -0.2) is 9.97 Å². The maximum Gasteiger partial charge on any atom is 0.160 e. The van der Waals surface area contributed by atoms with E-state index in [9.17, 15) is 0 Å². The van der Waals surface area contributed by atoms with Crippen LogP contribution in [0, 0.1) is 11.3 Å². The zero-order valence-corrected chi connectivity index (χ0v) is 11.3. The molecule has 0 bridgehead atoms. The predicted molar refractivity (Wildman–Crippen MR) is 63.6 cm³/mol. The summed E-state index contributed by atoms with van der Waals surface area (Å²) < 4.78 is 3.51. The van der Waals surface area contributed by atoms with E-state index in [1.807, 2.05) is 10.6 Å². The monoisotopic (exact) mass is 346 g/mol. The fourth-order valence-electron chi connectivity index (χ4n) is 1.07. The van der Waals surface area contributed by atoms with Crippen LogP contribution in [0.25, 0.3) is 0 Å². The van der Waals surface area contributed by atoms with Crippen LogP contribution in [0.1, 0.15) is 10.6 Å². The Hall–Kier alpha value is -0.710. The molecule has 0 atom stereocenters. The second-order valence-electron chi connectivity index (χ2n) is 2.72. The van der Waals surface area contributed by atoms with Crippen molar-refractivity contribution in [1.29, 1.82) is 5.26 Å². The molecule has 2 aromatic heterocycles. The lowest BCUT2D eigenvalue weighted by molar-refractivity contribution is 0.804. The molecule has 15 heavy (non-hydrogen) atoms. The van der Waals surface area contributed by atoms with E-state index in [0.717, 1.165) is 13.4 Å². The lowest BCUT2D eigenvalue weighted by atomic mass is 10.5. The van der Waals surface area contributed by atoms with Gasteiger partial charge in [-0.15, -0.1) is 11.3 Å². The van der Waals surface area contributed by atoms with E-state index >= 15 is 0 Å². The average Bonchev–Trinajstić information content (AvgIpc) is 2.75. The number of hydrogen-bond acceptors (Lipinski definition) is 4. The molecule has 0 radical (unpaired) electrons. The minimum absolute atomic E-state index is 0.426. The van der Waals surface area contributed by atoms with Crippen LogP contribution in [0.4, 0.5) is 0 Å². The van der Waals surface area contributed by atoms with E-state index in [-0.39, 0.29) is 0 Å². The van der Waals surface area contributed by atoms with Gasteiger partial charge in [-0.1, -0.05) is 0 Å². The third kappa shape index (κ3) is 2.45. The summed E-state index contributed by atoms with van der Waals surface area (Å²) in [6.45, 7) is 0.665. The first-order valence-corrected chi connectivity index (χ1v) is 6.32. The van der Waals surface area contributed by atoms with Crippen molar-refractivity contribution in [3.8, 4) is 6.07 Å². The SMILES string of the molecule is N#Cc1cn(Cc2sc(Br)nc2Br)cn1. The molecule has 0 unspecified atom stereocenters. The molecule has 0 aliphatic carbocycles. The normalized spacial score (nSPS) is 10.2. The number of nitrogens with zero attached hydrogens (tertiary/aromatic N) is 4. The Bertz CT molecular complexity index is 525. The van der Waals surface area contributed by atoms with Crippen LogP contribution in [-0.2, 0) is 6.54 Å². The second-order valence-corrected chi connectivity index (χ2v) is 5.83. The summed E-state index contributed by atoms with van der Waals surface area (Å²) in [5.41, 5.74) is 0.426. The van der Waals surface area contributed by atoms with Gasteiger partial charge in [0.2, 0.25) is 0 Å². The zero-order chi connectivity index (χ0) is 10.8. The van der Waals surface area contributed by atoms with Crippen molar-refractivity contribution in [2.24, 2.45) is 0 Å². The fraction of sp³-hybridized carbons (Fsp3) is 0.125. The number of rotatable bonds is 2. The van der Waals surface area contributed by atoms with Crippen LogP contribution in [0.3, 0.4) is 0 Å². The number of aromatic nitrogens is 3. The molecule has 0 fully saturated rings. The van der Waals surface area contributed by atoms with Crippen LogP contribution < -0.4 is 0 Å². The van der Waals surface area contributed by atoms with E-state index < -0.39 is 0 Å². The van der Waals surface area contributed by atoms with Crippen molar-refractivity contribution in [1.82, 2.24) is 14.5 Å². The third-order valence-corrected chi connectivity index (χ3v) is 4.11. The molecule has 0 aromatic carbocycles. The van der Waals surface area contributed by atoms with Crippen molar-refractivity contribution in [3.05, 3.63) is 31.6 Å². The topological polar surface area (TPSA) is 54.5 Å².